The second-order valence-electron chi connectivity index (χ2n) is 14.1. The molecule has 0 atom stereocenters. The largest absolute Gasteiger partial charge is 0.504 e. The fraction of sp³-hybridized carbons (Fsp3) is 0.512. The number of rotatable bonds is 24. The van der Waals surface area contributed by atoms with Crippen molar-refractivity contribution in [1.29, 1.82) is 0 Å². The van der Waals surface area contributed by atoms with E-state index in [4.69, 9.17) is 9.47 Å². The van der Waals surface area contributed by atoms with Crippen LogP contribution in [-0.2, 0) is 19.7 Å². The van der Waals surface area contributed by atoms with Crippen LogP contribution in [-0.4, -0.2) is 39.2 Å². The average molecular weight is 763 g/mol. The Morgan fingerprint density at radius 1 is 0.472 bits per heavy atom. The maximum absolute atomic E-state index is 13.6. The Kier molecular flexibility index (Phi) is 17.3. The second-order valence-corrected chi connectivity index (χ2v) is 18.1. The van der Waals surface area contributed by atoms with Crippen LogP contribution in [0.25, 0.3) is 27.1 Å². The smallest absolute Gasteiger partial charge is 0.494 e. The van der Waals surface area contributed by atoms with E-state index >= 15 is 0 Å². The molecule has 0 N–H and O–H groups in total. The van der Waals surface area contributed by atoms with Gasteiger partial charge in [0.2, 0.25) is 0 Å². The highest BCUT2D eigenvalue weighted by Gasteiger charge is 2.44. The topological polar surface area (TPSA) is 123 Å². The molecule has 0 spiro atoms. The van der Waals surface area contributed by atoms with Gasteiger partial charge in [-0.15, -0.1) is 4.79 Å². The van der Waals surface area contributed by atoms with Crippen molar-refractivity contribution in [2.75, 3.05) is 13.2 Å². The van der Waals surface area contributed by atoms with Crippen molar-refractivity contribution in [3.8, 4) is 11.5 Å². The Labute approximate surface area is 317 Å². The Hall–Kier alpha value is -3.72. The number of hydrogen-bond acceptors (Lipinski definition) is 6. The third-order valence-electron chi connectivity index (χ3n) is 9.76. The van der Waals surface area contributed by atoms with Gasteiger partial charge in [0.05, 0.1) is 23.0 Å². The van der Waals surface area contributed by atoms with E-state index in [2.05, 4.69) is 18.6 Å². The molecule has 0 unspecified atom stereocenters. The van der Waals surface area contributed by atoms with Gasteiger partial charge in [0.25, 0.3) is 19.7 Å². The van der Waals surface area contributed by atoms with Crippen LogP contribution in [0, 0.1) is 0 Å². The van der Waals surface area contributed by atoms with Crippen LogP contribution in [0.3, 0.4) is 0 Å². The lowest BCUT2D eigenvalue weighted by atomic mass is 10.1. The summed E-state index contributed by atoms with van der Waals surface area (Å²) in [6, 6.07) is 19.3. The number of benzene rings is 4. The Morgan fingerprint density at radius 2 is 0.792 bits per heavy atom. The van der Waals surface area contributed by atoms with Crippen molar-refractivity contribution in [3.63, 3.8) is 0 Å². The summed E-state index contributed by atoms with van der Waals surface area (Å²) in [5.74, 6) is 1.36. The number of unbranched alkanes of at least 4 members (excludes halogenated alkanes) is 16. The summed E-state index contributed by atoms with van der Waals surface area (Å²) in [4.78, 5) is 2.24. The lowest BCUT2D eigenvalue weighted by Gasteiger charge is -2.09. The molecule has 0 aromatic heterocycles. The molecule has 0 amide bonds. The van der Waals surface area contributed by atoms with Gasteiger partial charge in [-0.1, -0.05) is 141 Å². The zero-order valence-corrected chi connectivity index (χ0v) is 33.4. The molecule has 288 valence electrons. The Morgan fingerprint density at radius 3 is 1.15 bits per heavy atom. The van der Waals surface area contributed by atoms with Gasteiger partial charge in [-0.3, -0.25) is 0 Å². The number of ether oxygens (including phenoxy) is 2. The van der Waals surface area contributed by atoms with Crippen LogP contribution in [0.1, 0.15) is 129 Å². The van der Waals surface area contributed by atoms with E-state index in [0.717, 1.165) is 36.5 Å². The molecular weight excluding hydrogens is 705 g/mol. The number of hydrogen-bond donors (Lipinski definition) is 0. The first-order chi connectivity index (χ1) is 25.7. The molecule has 0 aliphatic rings. The molecule has 4 aromatic carbocycles. The minimum atomic E-state index is -4.71. The summed E-state index contributed by atoms with van der Waals surface area (Å²) in [5, 5.41) is 2.64. The van der Waals surface area contributed by atoms with E-state index in [1.807, 2.05) is 12.1 Å². The van der Waals surface area contributed by atoms with Gasteiger partial charge in [-0.2, -0.15) is 0 Å². The minimum Gasteiger partial charge on any atom is -0.494 e. The molecule has 0 aliphatic carbocycles. The summed E-state index contributed by atoms with van der Waals surface area (Å²) in [6.07, 6.45) is 22.1. The summed E-state index contributed by atoms with van der Waals surface area (Å²) in [6.45, 7) is 5.66. The second kappa shape index (κ2) is 21.9. The molecule has 0 saturated heterocycles. The SMILES string of the molecule is CCCCCCCCCCCOc1ccc2cc(S(=O)(=O)C(=[N+]=[N-])S(=O)(=O)c3ccc4cc(OCCCCCCCCCCC)ccc4c3)ccc2c1. The third-order valence-corrected chi connectivity index (χ3v) is 13.9. The van der Waals surface area contributed by atoms with Gasteiger partial charge in [0.1, 0.15) is 11.5 Å². The molecule has 0 saturated carbocycles. The van der Waals surface area contributed by atoms with Crippen molar-refractivity contribution < 1.29 is 31.1 Å². The summed E-state index contributed by atoms with van der Waals surface area (Å²) in [7, 11) is -9.43. The molecule has 0 aliphatic heterocycles. The predicted molar refractivity (Wildman–Crippen MR) is 216 cm³/mol. The van der Waals surface area contributed by atoms with Crippen molar-refractivity contribution in [2.45, 2.75) is 139 Å². The molecule has 0 heterocycles. The molecule has 0 fully saturated rings. The molecular formula is C43H58N2O6S2. The highest BCUT2D eigenvalue weighted by Crippen LogP contribution is 2.29. The van der Waals surface area contributed by atoms with Crippen molar-refractivity contribution >= 4 is 45.6 Å². The van der Waals surface area contributed by atoms with Crippen molar-refractivity contribution in [2.24, 2.45) is 0 Å². The van der Waals surface area contributed by atoms with Crippen molar-refractivity contribution in [1.82, 2.24) is 0 Å². The first-order valence-electron chi connectivity index (χ1n) is 19.8. The van der Waals surface area contributed by atoms with Crippen LogP contribution >= 0.6 is 0 Å². The van der Waals surface area contributed by atoms with Crippen LogP contribution < -0.4 is 9.47 Å². The van der Waals surface area contributed by atoms with Crippen LogP contribution in [0.4, 0.5) is 0 Å². The zero-order valence-electron chi connectivity index (χ0n) is 31.7. The standard InChI is InChI=1S/C43H58N2O6S2/c1-3-5-7-9-11-13-15-17-19-29-50-39-25-21-37-33-41(27-23-35(37)31-39)52(46,47)43(45-44)53(48,49)42-28-24-36-32-40(26-22-38(36)34-42)51-30-20-18-16-14-12-10-8-6-4-2/h21-28,31-34H,3-20,29-30H2,1-2H3. The molecule has 4 aromatic rings. The fourth-order valence-electron chi connectivity index (χ4n) is 6.58. The average Bonchev–Trinajstić information content (AvgIpc) is 3.15. The van der Waals surface area contributed by atoms with E-state index < -0.39 is 24.1 Å². The van der Waals surface area contributed by atoms with E-state index in [-0.39, 0.29) is 9.79 Å². The van der Waals surface area contributed by atoms with Crippen LogP contribution in [0.5, 0.6) is 11.5 Å². The maximum atomic E-state index is 13.6. The normalized spacial score (nSPS) is 11.9. The van der Waals surface area contributed by atoms with Crippen LogP contribution in [0.2, 0.25) is 0 Å². The monoisotopic (exact) mass is 762 g/mol. The first kappa shape index (κ1) is 42.0. The van der Waals surface area contributed by atoms with E-state index in [9.17, 15) is 22.4 Å². The molecule has 0 bridgehead atoms. The van der Waals surface area contributed by atoms with Crippen molar-refractivity contribution in [3.05, 3.63) is 78.3 Å². The van der Waals surface area contributed by atoms with Gasteiger partial charge in [0, 0.05) is 0 Å². The fourth-order valence-corrected chi connectivity index (χ4v) is 9.99. The minimum absolute atomic E-state index is 0.292. The van der Waals surface area contributed by atoms with E-state index in [1.54, 1.807) is 36.4 Å². The summed E-state index contributed by atoms with van der Waals surface area (Å²) in [5.41, 5.74) is 9.80. The third kappa shape index (κ3) is 12.7. The summed E-state index contributed by atoms with van der Waals surface area (Å²) < 4.78 is 65.1. The highest BCUT2D eigenvalue weighted by molar-refractivity contribution is 8.31. The number of nitrogens with zero attached hydrogens (tertiary/aromatic N) is 2. The molecule has 53 heavy (non-hydrogen) atoms. The van der Waals surface area contributed by atoms with E-state index in [0.29, 0.717) is 35.5 Å². The van der Waals surface area contributed by atoms with Gasteiger partial charge < -0.3 is 15.0 Å². The molecule has 8 nitrogen and oxygen atoms in total. The lowest BCUT2D eigenvalue weighted by molar-refractivity contribution is 0.00380. The quantitative estimate of drug-likeness (QED) is 0.0230. The van der Waals surface area contributed by atoms with Gasteiger partial charge in [-0.25, -0.2) is 16.8 Å². The van der Waals surface area contributed by atoms with Gasteiger partial charge in [0.15, 0.2) is 0 Å². The Bertz CT molecular complexity index is 1880. The molecule has 4 rings (SSSR count). The van der Waals surface area contributed by atoms with Crippen LogP contribution in [0.15, 0.2) is 82.6 Å². The Balaban J connectivity index is 1.33. The molecule has 10 heteroatoms. The zero-order chi connectivity index (χ0) is 37.9. The summed E-state index contributed by atoms with van der Waals surface area (Å²) >= 11 is 0. The first-order valence-corrected chi connectivity index (χ1v) is 22.7. The maximum Gasteiger partial charge on any atom is 0.504 e. The number of fused-ring (bicyclic) bond motifs is 2. The lowest BCUT2D eigenvalue weighted by Crippen LogP contribution is -2.26. The predicted octanol–water partition coefficient (Wildman–Crippen LogP) is 11.6. The van der Waals surface area contributed by atoms with E-state index in [1.165, 1.54) is 114 Å². The van der Waals surface area contributed by atoms with Gasteiger partial charge in [-0.05, 0) is 82.9 Å². The highest BCUT2D eigenvalue weighted by atomic mass is 32.3. The molecule has 0 radical (unpaired) electrons. The van der Waals surface area contributed by atoms with Gasteiger partial charge >= 0.3 is 4.38 Å². The number of sulfone groups is 2.